The molecule has 0 saturated carbocycles. The molecule has 1 aromatic heterocycles. The molecule has 1 N–H and O–H groups in total. The molecule has 0 fully saturated rings. The predicted octanol–water partition coefficient (Wildman–Crippen LogP) is 4.28. The summed E-state index contributed by atoms with van der Waals surface area (Å²) in [5.74, 6) is 0.0486. The van der Waals surface area contributed by atoms with Gasteiger partial charge in [0.1, 0.15) is 0 Å². The molecule has 0 radical (unpaired) electrons. The van der Waals surface area contributed by atoms with Gasteiger partial charge in [-0.1, -0.05) is 60.7 Å². The molecule has 26 heavy (non-hydrogen) atoms. The SMILES string of the molecule is CN(CC(=O)NC(Cc1ccccc1)c1ccccc1)Cc1ccsc1. The number of nitrogens with one attached hydrogen (secondary N) is 1. The molecule has 4 heteroatoms. The Kier molecular flexibility index (Phi) is 6.58. The number of rotatable bonds is 8. The zero-order valence-electron chi connectivity index (χ0n) is 15.0. The summed E-state index contributed by atoms with van der Waals surface area (Å²) in [5.41, 5.74) is 3.59. The summed E-state index contributed by atoms with van der Waals surface area (Å²) in [6, 6.07) is 22.5. The topological polar surface area (TPSA) is 32.3 Å². The Balaban J connectivity index is 1.64. The van der Waals surface area contributed by atoms with E-state index in [1.165, 1.54) is 11.1 Å². The van der Waals surface area contributed by atoms with E-state index in [0.717, 1.165) is 18.5 Å². The van der Waals surface area contributed by atoms with Gasteiger partial charge in [-0.15, -0.1) is 0 Å². The van der Waals surface area contributed by atoms with Crippen molar-refractivity contribution in [1.82, 2.24) is 10.2 Å². The van der Waals surface area contributed by atoms with Crippen LogP contribution in [0.15, 0.2) is 77.5 Å². The van der Waals surface area contributed by atoms with E-state index in [9.17, 15) is 4.79 Å². The monoisotopic (exact) mass is 364 g/mol. The molecule has 3 aromatic rings. The van der Waals surface area contributed by atoms with Crippen molar-refractivity contribution in [3.8, 4) is 0 Å². The molecule has 0 bridgehead atoms. The summed E-state index contributed by atoms with van der Waals surface area (Å²) in [7, 11) is 1.98. The summed E-state index contributed by atoms with van der Waals surface area (Å²) in [6.07, 6.45) is 0.783. The molecule has 1 heterocycles. The van der Waals surface area contributed by atoms with Crippen molar-refractivity contribution in [3.05, 3.63) is 94.2 Å². The number of likely N-dealkylation sites (N-methyl/N-ethyl adjacent to an activating group) is 1. The van der Waals surface area contributed by atoms with E-state index in [4.69, 9.17) is 0 Å². The Labute approximate surface area is 159 Å². The van der Waals surface area contributed by atoms with Crippen molar-refractivity contribution in [1.29, 1.82) is 0 Å². The predicted molar refractivity (Wildman–Crippen MR) is 108 cm³/mol. The number of benzene rings is 2. The van der Waals surface area contributed by atoms with E-state index in [1.54, 1.807) is 11.3 Å². The van der Waals surface area contributed by atoms with Crippen molar-refractivity contribution >= 4 is 17.2 Å². The van der Waals surface area contributed by atoms with Crippen LogP contribution in [-0.4, -0.2) is 24.4 Å². The van der Waals surface area contributed by atoms with Crippen LogP contribution in [0.4, 0.5) is 0 Å². The second-order valence-electron chi connectivity index (χ2n) is 6.52. The van der Waals surface area contributed by atoms with Gasteiger partial charge >= 0.3 is 0 Å². The third kappa shape index (κ3) is 5.55. The van der Waals surface area contributed by atoms with E-state index < -0.39 is 0 Å². The second-order valence-corrected chi connectivity index (χ2v) is 7.30. The van der Waals surface area contributed by atoms with Gasteiger partial charge in [0.2, 0.25) is 5.91 Å². The lowest BCUT2D eigenvalue weighted by Crippen LogP contribution is -2.37. The molecule has 0 aliphatic carbocycles. The lowest BCUT2D eigenvalue weighted by molar-refractivity contribution is -0.122. The Bertz CT molecular complexity index is 788. The minimum Gasteiger partial charge on any atom is -0.348 e. The van der Waals surface area contributed by atoms with Gasteiger partial charge in [0.05, 0.1) is 12.6 Å². The number of carbonyl (C=O) groups is 1. The van der Waals surface area contributed by atoms with Crippen LogP contribution in [0.3, 0.4) is 0 Å². The van der Waals surface area contributed by atoms with Crippen molar-refractivity contribution < 1.29 is 4.79 Å². The first-order valence-corrected chi connectivity index (χ1v) is 9.73. The number of amides is 1. The third-order valence-corrected chi connectivity index (χ3v) is 5.00. The van der Waals surface area contributed by atoms with Crippen LogP contribution in [0.5, 0.6) is 0 Å². The van der Waals surface area contributed by atoms with Gasteiger partial charge in [-0.2, -0.15) is 11.3 Å². The molecular formula is C22H24N2OS. The molecule has 1 atom stereocenters. The fourth-order valence-corrected chi connectivity index (χ4v) is 3.68. The van der Waals surface area contributed by atoms with Crippen molar-refractivity contribution in [2.75, 3.05) is 13.6 Å². The molecule has 3 rings (SSSR count). The number of hydrogen-bond donors (Lipinski definition) is 1. The average molecular weight is 365 g/mol. The number of carbonyl (C=O) groups excluding carboxylic acids is 1. The van der Waals surface area contributed by atoms with Gasteiger partial charge in [-0.25, -0.2) is 0 Å². The van der Waals surface area contributed by atoms with Crippen molar-refractivity contribution in [2.45, 2.75) is 19.0 Å². The molecule has 1 unspecified atom stereocenters. The maximum Gasteiger partial charge on any atom is 0.234 e. The molecule has 134 valence electrons. The van der Waals surface area contributed by atoms with Crippen LogP contribution in [0.1, 0.15) is 22.7 Å². The molecule has 0 aliphatic heterocycles. The maximum absolute atomic E-state index is 12.6. The molecule has 1 amide bonds. The van der Waals surface area contributed by atoms with Gasteiger partial charge in [-0.3, -0.25) is 9.69 Å². The molecule has 0 aliphatic rings. The largest absolute Gasteiger partial charge is 0.348 e. The average Bonchev–Trinajstić information content (AvgIpc) is 3.15. The van der Waals surface area contributed by atoms with E-state index in [-0.39, 0.29) is 11.9 Å². The van der Waals surface area contributed by atoms with Gasteiger partial charge in [0, 0.05) is 6.54 Å². The minimum atomic E-state index is -0.0272. The highest BCUT2D eigenvalue weighted by Gasteiger charge is 2.16. The molecule has 2 aromatic carbocycles. The van der Waals surface area contributed by atoms with Crippen LogP contribution in [0.2, 0.25) is 0 Å². The summed E-state index contributed by atoms with van der Waals surface area (Å²) in [5, 5.41) is 7.40. The normalized spacial score (nSPS) is 12.1. The van der Waals surface area contributed by atoms with Gasteiger partial charge in [0.25, 0.3) is 0 Å². The lowest BCUT2D eigenvalue weighted by Gasteiger charge is -2.22. The van der Waals surface area contributed by atoms with E-state index in [1.807, 2.05) is 48.3 Å². The summed E-state index contributed by atoms with van der Waals surface area (Å²) in [6.45, 7) is 1.17. The zero-order chi connectivity index (χ0) is 18.2. The highest BCUT2D eigenvalue weighted by Crippen LogP contribution is 2.18. The van der Waals surface area contributed by atoms with Crippen LogP contribution < -0.4 is 5.32 Å². The van der Waals surface area contributed by atoms with Gasteiger partial charge in [-0.05, 0) is 47.0 Å². The highest BCUT2D eigenvalue weighted by molar-refractivity contribution is 7.07. The Morgan fingerprint density at radius 1 is 1.00 bits per heavy atom. The minimum absolute atomic E-state index is 0.0272. The molecular weight excluding hydrogens is 340 g/mol. The fraction of sp³-hybridized carbons (Fsp3) is 0.227. The highest BCUT2D eigenvalue weighted by atomic mass is 32.1. The summed E-state index contributed by atoms with van der Waals surface area (Å²) in [4.78, 5) is 14.6. The number of hydrogen-bond acceptors (Lipinski definition) is 3. The first kappa shape index (κ1) is 18.4. The number of nitrogens with zero attached hydrogens (tertiary/aromatic N) is 1. The lowest BCUT2D eigenvalue weighted by atomic mass is 9.99. The molecule has 0 saturated heterocycles. The Morgan fingerprint density at radius 3 is 2.35 bits per heavy atom. The summed E-state index contributed by atoms with van der Waals surface area (Å²) >= 11 is 1.68. The molecule has 3 nitrogen and oxygen atoms in total. The Morgan fingerprint density at radius 2 is 1.69 bits per heavy atom. The van der Waals surface area contributed by atoms with Crippen molar-refractivity contribution in [2.24, 2.45) is 0 Å². The zero-order valence-corrected chi connectivity index (χ0v) is 15.8. The van der Waals surface area contributed by atoms with Crippen LogP contribution in [0.25, 0.3) is 0 Å². The van der Waals surface area contributed by atoms with Crippen LogP contribution in [0, 0.1) is 0 Å². The second kappa shape index (κ2) is 9.32. The fourth-order valence-electron chi connectivity index (χ4n) is 3.02. The third-order valence-electron chi connectivity index (χ3n) is 4.27. The summed E-state index contributed by atoms with van der Waals surface area (Å²) < 4.78 is 0. The smallest absolute Gasteiger partial charge is 0.234 e. The standard InChI is InChI=1S/C22H24N2OS/c1-24(15-19-12-13-26-17-19)16-22(25)23-21(20-10-6-3-7-11-20)14-18-8-4-2-5-9-18/h2-13,17,21H,14-16H2,1H3,(H,23,25). The van der Waals surface area contributed by atoms with Crippen molar-refractivity contribution in [3.63, 3.8) is 0 Å². The van der Waals surface area contributed by atoms with Gasteiger partial charge in [0.15, 0.2) is 0 Å². The van der Waals surface area contributed by atoms with Crippen LogP contribution >= 0.6 is 11.3 Å². The van der Waals surface area contributed by atoms with E-state index in [0.29, 0.717) is 6.54 Å². The van der Waals surface area contributed by atoms with Crippen LogP contribution in [-0.2, 0) is 17.8 Å². The quantitative estimate of drug-likeness (QED) is 0.647. The number of thiophene rings is 1. The van der Waals surface area contributed by atoms with Gasteiger partial charge < -0.3 is 5.32 Å². The van der Waals surface area contributed by atoms with E-state index >= 15 is 0 Å². The Hall–Kier alpha value is -2.43. The first-order valence-electron chi connectivity index (χ1n) is 8.78. The first-order chi connectivity index (χ1) is 12.7. The molecule has 0 spiro atoms. The van der Waals surface area contributed by atoms with E-state index in [2.05, 4.69) is 46.4 Å². The maximum atomic E-state index is 12.6.